The van der Waals surface area contributed by atoms with Gasteiger partial charge in [-0.1, -0.05) is 93.1 Å². The number of rotatable bonds is 4. The highest BCUT2D eigenvalue weighted by Crippen LogP contribution is 2.54. The summed E-state index contributed by atoms with van der Waals surface area (Å²) in [6, 6.07) is 37.7. The maximum Gasteiger partial charge on any atom is 0.0540 e. The summed E-state index contributed by atoms with van der Waals surface area (Å²) >= 11 is 0. The van der Waals surface area contributed by atoms with Gasteiger partial charge >= 0.3 is 0 Å². The largest absolute Gasteiger partial charge is 0.310 e. The molecule has 0 saturated heterocycles. The van der Waals surface area contributed by atoms with E-state index in [1.165, 1.54) is 60.3 Å². The highest BCUT2D eigenvalue weighted by molar-refractivity contribution is 5.88. The molecular formula is C33H33N. The van der Waals surface area contributed by atoms with Crippen LogP contribution in [-0.2, 0) is 10.8 Å². The van der Waals surface area contributed by atoms with Gasteiger partial charge in [0.2, 0.25) is 0 Å². The lowest BCUT2D eigenvalue weighted by Crippen LogP contribution is -2.33. The fourth-order valence-corrected chi connectivity index (χ4v) is 6.44. The molecule has 0 spiro atoms. The van der Waals surface area contributed by atoms with Crippen molar-refractivity contribution in [2.45, 2.75) is 56.8 Å². The van der Waals surface area contributed by atoms with E-state index in [2.05, 4.69) is 122 Å². The normalized spacial score (nSPS) is 23.2. The molecular weight excluding hydrogens is 410 g/mol. The monoisotopic (exact) mass is 443 g/mol. The van der Waals surface area contributed by atoms with Crippen LogP contribution < -0.4 is 4.90 Å². The molecule has 34 heavy (non-hydrogen) atoms. The van der Waals surface area contributed by atoms with Crippen LogP contribution in [0.25, 0.3) is 11.1 Å². The maximum atomic E-state index is 2.53. The Morgan fingerprint density at radius 3 is 1.76 bits per heavy atom. The van der Waals surface area contributed by atoms with E-state index in [-0.39, 0.29) is 0 Å². The molecule has 1 saturated carbocycles. The van der Waals surface area contributed by atoms with Crippen LogP contribution in [0, 0.1) is 0 Å². The second kappa shape index (κ2) is 8.17. The Kier molecular flexibility index (Phi) is 5.10. The lowest BCUT2D eigenvalue weighted by Gasteiger charge is -2.42. The smallest absolute Gasteiger partial charge is 0.0540 e. The van der Waals surface area contributed by atoms with Crippen LogP contribution in [0.4, 0.5) is 17.1 Å². The lowest BCUT2D eigenvalue weighted by molar-refractivity contribution is 0.332. The molecule has 4 aromatic rings. The third-order valence-corrected chi connectivity index (χ3v) is 8.49. The Hall–Kier alpha value is -3.32. The minimum absolute atomic E-state index is 0.300. The molecule has 2 unspecified atom stereocenters. The predicted octanol–water partition coefficient (Wildman–Crippen LogP) is 9.32. The molecule has 0 amide bonds. The molecule has 0 heterocycles. The minimum Gasteiger partial charge on any atom is -0.310 e. The molecule has 2 atom stereocenters. The second-order valence-electron chi connectivity index (χ2n) is 10.8. The van der Waals surface area contributed by atoms with E-state index < -0.39 is 0 Å². The van der Waals surface area contributed by atoms with Crippen molar-refractivity contribution in [2.75, 3.05) is 4.90 Å². The summed E-state index contributed by atoms with van der Waals surface area (Å²) in [5, 5.41) is 0. The van der Waals surface area contributed by atoms with E-state index in [0.717, 1.165) is 0 Å². The summed E-state index contributed by atoms with van der Waals surface area (Å²) in [6.07, 6.45) is 6.59. The van der Waals surface area contributed by atoms with Crippen LogP contribution in [0.1, 0.15) is 57.1 Å². The Bertz CT molecular complexity index is 1270. The fourth-order valence-electron chi connectivity index (χ4n) is 6.44. The number of fused-ring (bicyclic) bond motifs is 3. The third kappa shape index (κ3) is 3.46. The van der Waals surface area contributed by atoms with Gasteiger partial charge in [0.25, 0.3) is 0 Å². The van der Waals surface area contributed by atoms with Crippen molar-refractivity contribution in [3.8, 4) is 11.1 Å². The lowest BCUT2D eigenvalue weighted by atomic mass is 9.63. The predicted molar refractivity (Wildman–Crippen MR) is 144 cm³/mol. The van der Waals surface area contributed by atoms with Gasteiger partial charge in [-0.05, 0) is 83.5 Å². The summed E-state index contributed by atoms with van der Waals surface area (Å²) in [4.78, 5) is 2.39. The first-order valence-corrected chi connectivity index (χ1v) is 12.7. The number of benzene rings is 4. The molecule has 0 radical (unpaired) electrons. The number of anilines is 3. The van der Waals surface area contributed by atoms with Crippen LogP contribution in [0.5, 0.6) is 0 Å². The molecule has 7 rings (SSSR count). The van der Waals surface area contributed by atoms with Crippen molar-refractivity contribution in [3.63, 3.8) is 0 Å². The van der Waals surface area contributed by atoms with Crippen molar-refractivity contribution in [3.05, 3.63) is 114 Å². The number of para-hydroxylation sites is 3. The van der Waals surface area contributed by atoms with Gasteiger partial charge in [-0.3, -0.25) is 0 Å². The maximum absolute atomic E-state index is 2.53. The first-order valence-electron chi connectivity index (χ1n) is 12.7. The summed E-state index contributed by atoms with van der Waals surface area (Å²) in [7, 11) is 0. The topological polar surface area (TPSA) is 3.24 Å². The van der Waals surface area contributed by atoms with E-state index in [4.69, 9.17) is 0 Å². The molecule has 1 nitrogen and oxygen atoms in total. The van der Waals surface area contributed by atoms with Crippen molar-refractivity contribution < 1.29 is 0 Å². The van der Waals surface area contributed by atoms with Gasteiger partial charge in [-0.2, -0.15) is 0 Å². The van der Waals surface area contributed by atoms with Crippen LogP contribution in [0.3, 0.4) is 0 Å². The molecule has 3 aliphatic carbocycles. The second-order valence-corrected chi connectivity index (χ2v) is 10.8. The van der Waals surface area contributed by atoms with Gasteiger partial charge in [-0.15, -0.1) is 0 Å². The molecule has 3 aliphatic rings. The molecule has 0 aromatic heterocycles. The molecule has 4 aromatic carbocycles. The summed E-state index contributed by atoms with van der Waals surface area (Å²) in [5.41, 5.74) is 10.0. The summed E-state index contributed by atoms with van der Waals surface area (Å²) < 4.78 is 0. The Morgan fingerprint density at radius 1 is 0.559 bits per heavy atom. The highest BCUT2D eigenvalue weighted by Gasteiger charge is 2.44. The quantitative estimate of drug-likeness (QED) is 0.304. The van der Waals surface area contributed by atoms with E-state index in [1.807, 2.05) is 0 Å². The van der Waals surface area contributed by atoms with Crippen molar-refractivity contribution in [1.82, 2.24) is 0 Å². The van der Waals surface area contributed by atoms with Crippen LogP contribution in [0.2, 0.25) is 0 Å². The molecule has 170 valence electrons. The zero-order chi connectivity index (χ0) is 23.2. The first kappa shape index (κ1) is 21.2. The zero-order valence-electron chi connectivity index (χ0n) is 20.3. The van der Waals surface area contributed by atoms with E-state index in [0.29, 0.717) is 10.8 Å². The number of hydrogen-bond acceptors (Lipinski definition) is 1. The first-order chi connectivity index (χ1) is 16.6. The van der Waals surface area contributed by atoms with Gasteiger partial charge in [0.1, 0.15) is 0 Å². The Balaban J connectivity index is 1.53. The minimum atomic E-state index is 0.300. The van der Waals surface area contributed by atoms with Gasteiger partial charge in [0.05, 0.1) is 5.69 Å². The Labute approximate surface area is 204 Å². The average Bonchev–Trinajstić information content (AvgIpc) is 3.11. The number of hydrogen-bond donors (Lipinski definition) is 0. The van der Waals surface area contributed by atoms with E-state index >= 15 is 0 Å². The fraction of sp³-hybridized carbons (Fsp3) is 0.273. The molecule has 1 fully saturated rings. The summed E-state index contributed by atoms with van der Waals surface area (Å²) in [6.45, 7) is 5.00. The van der Waals surface area contributed by atoms with Crippen molar-refractivity contribution in [1.29, 1.82) is 0 Å². The number of nitrogens with zero attached hydrogens (tertiary/aromatic N) is 1. The van der Waals surface area contributed by atoms with E-state index in [9.17, 15) is 0 Å². The zero-order valence-corrected chi connectivity index (χ0v) is 20.3. The van der Waals surface area contributed by atoms with Crippen molar-refractivity contribution in [2.24, 2.45) is 0 Å². The van der Waals surface area contributed by atoms with Crippen LogP contribution in [-0.4, -0.2) is 0 Å². The van der Waals surface area contributed by atoms with Gasteiger partial charge in [-0.25, -0.2) is 0 Å². The SMILES string of the molecule is CC12CCCC(C)(CC1)c1cc(-c3ccccc3N(c3ccccc3)c3ccccc3)ccc12. The van der Waals surface area contributed by atoms with E-state index in [1.54, 1.807) is 11.1 Å². The van der Waals surface area contributed by atoms with Crippen LogP contribution in [0.15, 0.2) is 103 Å². The van der Waals surface area contributed by atoms with Gasteiger partial charge in [0.15, 0.2) is 0 Å². The third-order valence-electron chi connectivity index (χ3n) is 8.49. The standard InChI is InChI=1S/C33H33N/c1-32-20-11-21-33(2,23-22-32)30-24-25(18-19-29(30)32)28-16-9-10-17-31(28)34(26-12-5-3-6-13-26)27-14-7-4-8-15-27/h3-10,12-19,24H,11,20-23H2,1-2H3. The highest BCUT2D eigenvalue weighted by atomic mass is 15.1. The average molecular weight is 444 g/mol. The Morgan fingerprint density at radius 2 is 1.12 bits per heavy atom. The van der Waals surface area contributed by atoms with Gasteiger partial charge in [0, 0.05) is 16.9 Å². The molecule has 1 heteroatoms. The van der Waals surface area contributed by atoms with Gasteiger partial charge < -0.3 is 4.90 Å². The molecule has 0 aliphatic heterocycles. The summed E-state index contributed by atoms with van der Waals surface area (Å²) in [5.74, 6) is 0. The van der Waals surface area contributed by atoms with Crippen molar-refractivity contribution >= 4 is 17.1 Å². The molecule has 2 bridgehead atoms. The van der Waals surface area contributed by atoms with Crippen LogP contribution >= 0.6 is 0 Å². The molecule has 0 N–H and O–H groups in total.